The van der Waals surface area contributed by atoms with Gasteiger partial charge in [-0.3, -0.25) is 19.5 Å². The number of hydrogen-bond acceptors (Lipinski definition) is 5. The molecule has 5 rings (SSSR count). The predicted octanol–water partition coefficient (Wildman–Crippen LogP) is 4.23. The first-order chi connectivity index (χ1) is 16.0. The minimum absolute atomic E-state index is 0.0945. The number of fused-ring (bicyclic) bond motifs is 2. The van der Waals surface area contributed by atoms with Crippen molar-refractivity contribution in [3.8, 4) is 0 Å². The maximum Gasteiger partial charge on any atom is 0.262 e. The van der Waals surface area contributed by atoms with Crippen molar-refractivity contribution < 1.29 is 13.2 Å². The van der Waals surface area contributed by atoms with Crippen molar-refractivity contribution in [1.29, 1.82) is 0 Å². The maximum absolute atomic E-state index is 13.4. The fourth-order valence-corrected chi connectivity index (χ4v) is 5.71. The summed E-state index contributed by atoms with van der Waals surface area (Å²) in [7, 11) is -3.79. The van der Waals surface area contributed by atoms with E-state index in [1.54, 1.807) is 12.1 Å². The van der Waals surface area contributed by atoms with Crippen molar-refractivity contribution >= 4 is 38.4 Å². The zero-order chi connectivity index (χ0) is 22.8. The van der Waals surface area contributed by atoms with Crippen LogP contribution in [0, 0.1) is 0 Å². The highest BCUT2D eigenvalue weighted by Gasteiger charge is 2.24. The summed E-state index contributed by atoms with van der Waals surface area (Å²) in [5.74, 6) is 0.253. The Hall–Kier alpha value is -3.26. The van der Waals surface area contributed by atoms with E-state index in [2.05, 4.69) is 15.0 Å². The van der Waals surface area contributed by atoms with Gasteiger partial charge in [-0.2, -0.15) is 0 Å². The lowest BCUT2D eigenvalue weighted by molar-refractivity contribution is 0.102. The number of nitrogens with zero attached hydrogens (tertiary/aromatic N) is 2. The molecule has 8 heteroatoms. The normalized spacial score (nSPS) is 16.1. The Morgan fingerprint density at radius 1 is 0.909 bits per heavy atom. The minimum Gasteiger partial charge on any atom is -0.322 e. The van der Waals surface area contributed by atoms with Gasteiger partial charge in [0.15, 0.2) is 0 Å². The summed E-state index contributed by atoms with van der Waals surface area (Å²) in [6.07, 6.45) is 6.21. The SMILES string of the molecule is O=C(Nc1cccc(S(=O)(=O)NC2=NCCCCC2)c1)c1c2c(nc3ccccc13)CCC2. The Bertz CT molecular complexity index is 1370. The fourth-order valence-electron chi connectivity index (χ4n) is 4.58. The Morgan fingerprint density at radius 2 is 1.79 bits per heavy atom. The van der Waals surface area contributed by atoms with Gasteiger partial charge in [-0.1, -0.05) is 30.7 Å². The Kier molecular flexibility index (Phi) is 5.85. The zero-order valence-corrected chi connectivity index (χ0v) is 19.1. The van der Waals surface area contributed by atoms with Gasteiger partial charge in [0.2, 0.25) is 0 Å². The molecule has 0 atom stereocenters. The Morgan fingerprint density at radius 3 is 2.70 bits per heavy atom. The number of rotatable bonds is 4. The van der Waals surface area contributed by atoms with Crippen LogP contribution in [0.1, 0.15) is 53.7 Å². The number of aromatic nitrogens is 1. The largest absolute Gasteiger partial charge is 0.322 e. The molecule has 0 saturated heterocycles. The Labute approximate surface area is 193 Å². The van der Waals surface area contributed by atoms with Gasteiger partial charge < -0.3 is 5.32 Å². The molecule has 2 N–H and O–H groups in total. The molecule has 0 radical (unpaired) electrons. The minimum atomic E-state index is -3.79. The van der Waals surface area contributed by atoms with E-state index in [0.29, 0.717) is 30.1 Å². The first kappa shape index (κ1) is 21.6. The summed E-state index contributed by atoms with van der Waals surface area (Å²) in [6.45, 7) is 0.637. The Balaban J connectivity index is 1.43. The summed E-state index contributed by atoms with van der Waals surface area (Å²) in [5.41, 5.74) is 3.82. The molecule has 0 fully saturated rings. The first-order valence-electron chi connectivity index (χ1n) is 11.4. The van der Waals surface area contributed by atoms with Crippen LogP contribution >= 0.6 is 0 Å². The van der Waals surface area contributed by atoms with Crippen LogP contribution in [0.25, 0.3) is 10.9 Å². The van der Waals surface area contributed by atoms with Crippen LogP contribution in [0.5, 0.6) is 0 Å². The molecule has 1 amide bonds. The molecular formula is C25H26N4O3S. The van der Waals surface area contributed by atoms with Crippen molar-refractivity contribution in [2.75, 3.05) is 11.9 Å². The number of amides is 1. The second-order valence-electron chi connectivity index (χ2n) is 8.51. The van der Waals surface area contributed by atoms with Crippen LogP contribution < -0.4 is 10.0 Å². The molecule has 0 spiro atoms. The number of pyridine rings is 1. The quantitative estimate of drug-likeness (QED) is 0.606. The topological polar surface area (TPSA) is 101 Å². The summed E-state index contributed by atoms with van der Waals surface area (Å²) < 4.78 is 28.5. The third-order valence-corrected chi connectivity index (χ3v) is 7.55. The first-order valence-corrected chi connectivity index (χ1v) is 12.9. The monoisotopic (exact) mass is 462 g/mol. The molecule has 1 aliphatic heterocycles. The lowest BCUT2D eigenvalue weighted by Crippen LogP contribution is -2.30. The second kappa shape index (κ2) is 8.94. The van der Waals surface area contributed by atoms with E-state index in [1.165, 1.54) is 12.1 Å². The number of hydrogen-bond donors (Lipinski definition) is 2. The highest BCUT2D eigenvalue weighted by molar-refractivity contribution is 7.90. The van der Waals surface area contributed by atoms with Crippen LogP contribution in [0.4, 0.5) is 5.69 Å². The second-order valence-corrected chi connectivity index (χ2v) is 10.2. The van der Waals surface area contributed by atoms with E-state index in [0.717, 1.165) is 60.7 Å². The molecule has 1 aromatic heterocycles. The highest BCUT2D eigenvalue weighted by Crippen LogP contribution is 2.30. The summed E-state index contributed by atoms with van der Waals surface area (Å²) in [5, 5.41) is 3.73. The van der Waals surface area contributed by atoms with E-state index >= 15 is 0 Å². The molecule has 1 aliphatic carbocycles. The van der Waals surface area contributed by atoms with Gasteiger partial charge in [-0.15, -0.1) is 0 Å². The zero-order valence-electron chi connectivity index (χ0n) is 18.3. The van der Waals surface area contributed by atoms with E-state index in [4.69, 9.17) is 4.98 Å². The van der Waals surface area contributed by atoms with E-state index < -0.39 is 10.0 Å². The fraction of sp³-hybridized carbons (Fsp3) is 0.320. The van der Waals surface area contributed by atoms with Crippen LogP contribution in [0.2, 0.25) is 0 Å². The van der Waals surface area contributed by atoms with Crippen LogP contribution in [0.3, 0.4) is 0 Å². The van der Waals surface area contributed by atoms with Crippen molar-refractivity contribution in [2.24, 2.45) is 4.99 Å². The molecule has 0 saturated carbocycles. The predicted molar refractivity (Wildman–Crippen MR) is 129 cm³/mol. The van der Waals surface area contributed by atoms with Crippen molar-refractivity contribution in [2.45, 2.75) is 49.8 Å². The molecule has 2 aliphatic rings. The van der Waals surface area contributed by atoms with Crippen LogP contribution in [0.15, 0.2) is 58.4 Å². The lowest BCUT2D eigenvalue weighted by Gasteiger charge is -2.14. The summed E-state index contributed by atoms with van der Waals surface area (Å²) >= 11 is 0. The van der Waals surface area contributed by atoms with Crippen molar-refractivity contribution in [1.82, 2.24) is 9.71 Å². The third kappa shape index (κ3) is 4.48. The molecule has 2 aromatic carbocycles. The van der Waals surface area contributed by atoms with E-state index in [9.17, 15) is 13.2 Å². The molecule has 33 heavy (non-hydrogen) atoms. The number of aliphatic imine (C=N–C) groups is 1. The molecule has 0 unspecified atom stereocenters. The number of amidine groups is 1. The summed E-state index contributed by atoms with van der Waals surface area (Å²) in [6, 6.07) is 14.0. The average Bonchev–Trinajstić information content (AvgIpc) is 3.12. The van der Waals surface area contributed by atoms with E-state index in [1.807, 2.05) is 24.3 Å². The van der Waals surface area contributed by atoms with Gasteiger partial charge in [0.25, 0.3) is 15.9 Å². The number of carbonyl (C=O) groups is 1. The molecule has 0 bridgehead atoms. The van der Waals surface area contributed by atoms with Crippen molar-refractivity contribution in [3.05, 3.63) is 65.4 Å². The number of aryl methyl sites for hydroxylation is 1. The van der Waals surface area contributed by atoms with Crippen molar-refractivity contribution in [3.63, 3.8) is 0 Å². The van der Waals surface area contributed by atoms with Crippen LogP contribution in [-0.4, -0.2) is 31.7 Å². The lowest BCUT2D eigenvalue weighted by atomic mass is 10.0. The van der Waals surface area contributed by atoms with E-state index in [-0.39, 0.29) is 10.8 Å². The van der Waals surface area contributed by atoms with Gasteiger partial charge >= 0.3 is 0 Å². The third-order valence-electron chi connectivity index (χ3n) is 6.18. The number of sulfonamides is 1. The van der Waals surface area contributed by atoms with Gasteiger partial charge in [-0.25, -0.2) is 8.42 Å². The number of para-hydroxylation sites is 1. The molecule has 170 valence electrons. The summed E-state index contributed by atoms with van der Waals surface area (Å²) in [4.78, 5) is 22.6. The average molecular weight is 463 g/mol. The number of carbonyl (C=O) groups excluding carboxylic acids is 1. The smallest absolute Gasteiger partial charge is 0.262 e. The number of nitrogens with one attached hydrogen (secondary N) is 2. The molecule has 2 heterocycles. The van der Waals surface area contributed by atoms with Crippen LogP contribution in [-0.2, 0) is 22.9 Å². The highest BCUT2D eigenvalue weighted by atomic mass is 32.2. The van der Waals surface area contributed by atoms with Gasteiger partial charge in [0, 0.05) is 29.7 Å². The van der Waals surface area contributed by atoms with Gasteiger partial charge in [0.1, 0.15) is 5.84 Å². The van der Waals surface area contributed by atoms with Gasteiger partial charge in [-0.05, 0) is 61.9 Å². The standard InChI is InChI=1S/C25H26N4O3S/c30-25(24-19-10-3-4-12-21(19)28-22-13-7-11-20(22)24)27-17-8-6-9-18(16-17)33(31,32)29-23-14-2-1-5-15-26-23/h3-4,6,8-10,12,16H,1-2,5,7,11,13-15H2,(H,26,29)(H,27,30). The number of benzene rings is 2. The maximum atomic E-state index is 13.4. The molecular weight excluding hydrogens is 436 g/mol. The molecule has 3 aromatic rings. The number of anilines is 1. The van der Waals surface area contributed by atoms with Gasteiger partial charge in [0.05, 0.1) is 16.0 Å². The molecule has 7 nitrogen and oxygen atoms in total.